The standard InChI is InChI=1S/C110H70N4S2/c1-2-23-77-66-78(55-52-71(77)22-1)75-60-64-83(65-61-75)112(85-25-18-27-87(70-85)114-105-45-14-5-30-91(105)92-31-6-15-46-106(92)114)102-42-11-8-33-94(102)97-37-21-40-100-99-39-19-35-88(108(99)116-110(97)100)80-57-54-76-53-56-79(67-81(76)68-80)74-50-48-72(49-51-74)73-58-62-82(63-59-73)111(84-24-17-26-86(69-84)113-103-43-12-3-28-89(103)90-29-4-13-44-104(90)113)101-41-10-7-32-93(101)96-36-20-38-98-95-34-9-16-47-107(95)115-109(96)98/h1-70H. The zero-order chi connectivity index (χ0) is 76.3. The third-order valence-electron chi connectivity index (χ3n) is 23.7. The molecule has 0 saturated carbocycles. The lowest BCUT2D eigenvalue weighted by molar-refractivity contribution is 1.17. The number of para-hydroxylation sites is 6. The van der Waals surface area contributed by atoms with Gasteiger partial charge in [0.05, 0.1) is 33.4 Å². The summed E-state index contributed by atoms with van der Waals surface area (Å²) in [6, 6.07) is 157. The second-order valence-corrected chi connectivity index (χ2v) is 32.3. The highest BCUT2D eigenvalue weighted by Crippen LogP contribution is 2.51. The van der Waals surface area contributed by atoms with Gasteiger partial charge in [0.2, 0.25) is 0 Å². The van der Waals surface area contributed by atoms with Gasteiger partial charge in [-0.05, 0) is 187 Å². The molecule has 23 rings (SSSR count). The Kier molecular flexibility index (Phi) is 16.0. The molecule has 0 unspecified atom stereocenters. The molecule has 0 fully saturated rings. The van der Waals surface area contributed by atoms with Crippen LogP contribution < -0.4 is 9.80 Å². The second-order valence-electron chi connectivity index (χ2n) is 30.2. The quantitative estimate of drug-likeness (QED) is 0.108. The van der Waals surface area contributed by atoms with Crippen LogP contribution in [0, 0.1) is 0 Å². The van der Waals surface area contributed by atoms with Crippen LogP contribution in [-0.2, 0) is 0 Å². The second kappa shape index (κ2) is 27.6. The van der Waals surface area contributed by atoms with Gasteiger partial charge in [-0.2, -0.15) is 0 Å². The number of aromatic nitrogens is 2. The molecule has 4 heterocycles. The average molecular weight is 1510 g/mol. The molecule has 6 heteroatoms. The molecule has 0 radical (unpaired) electrons. The van der Waals surface area contributed by atoms with E-state index in [2.05, 4.69) is 444 Å². The maximum atomic E-state index is 2.46. The molecule has 4 nitrogen and oxygen atoms in total. The summed E-state index contributed by atoms with van der Waals surface area (Å²) in [6.07, 6.45) is 0. The minimum absolute atomic E-state index is 1.06. The van der Waals surface area contributed by atoms with Crippen LogP contribution in [0.5, 0.6) is 0 Å². The Hall–Kier alpha value is -14.7. The van der Waals surface area contributed by atoms with Crippen LogP contribution in [0.4, 0.5) is 34.1 Å². The first kappa shape index (κ1) is 67.1. The highest BCUT2D eigenvalue weighted by molar-refractivity contribution is 7.27. The average Bonchev–Trinajstić information content (AvgIpc) is 1.27. The van der Waals surface area contributed by atoms with E-state index in [4.69, 9.17) is 0 Å². The van der Waals surface area contributed by atoms with Gasteiger partial charge < -0.3 is 18.9 Å². The van der Waals surface area contributed by atoms with Gasteiger partial charge in [0.15, 0.2) is 0 Å². The van der Waals surface area contributed by atoms with Gasteiger partial charge in [0, 0.05) is 118 Å². The summed E-state index contributed by atoms with van der Waals surface area (Å²) in [6.45, 7) is 0. The lowest BCUT2D eigenvalue weighted by atomic mass is 9.95. The first-order valence-corrected chi connectivity index (χ1v) is 41.3. The number of rotatable bonds is 14. The molecule has 542 valence electrons. The molecule has 4 aromatic heterocycles. The molecule has 0 spiro atoms. The molecule has 19 aromatic carbocycles. The summed E-state index contributed by atoms with van der Waals surface area (Å²) < 4.78 is 9.95. The van der Waals surface area contributed by atoms with Crippen molar-refractivity contribution in [1.29, 1.82) is 0 Å². The highest BCUT2D eigenvalue weighted by atomic mass is 32.1. The predicted octanol–water partition coefficient (Wildman–Crippen LogP) is 31.9. The Bertz CT molecular complexity index is 7740. The normalized spacial score (nSPS) is 11.8. The van der Waals surface area contributed by atoms with Crippen molar-refractivity contribution in [1.82, 2.24) is 9.13 Å². The summed E-state index contributed by atoms with van der Waals surface area (Å²) in [5, 5.41) is 14.9. The Morgan fingerprint density at radius 2 is 0.509 bits per heavy atom. The van der Waals surface area contributed by atoms with E-state index in [9.17, 15) is 0 Å². The van der Waals surface area contributed by atoms with E-state index in [1.807, 2.05) is 22.7 Å². The third kappa shape index (κ3) is 11.2. The maximum absolute atomic E-state index is 2.46. The molecule has 0 aliphatic carbocycles. The SMILES string of the molecule is c1cc(N(c2ccc(-c3ccc(-c4ccc5ccc(-c6cccc7c6sc6c(-c8ccccc8N(c8ccc(-c9ccc%10ccccc%10c9)cc8)c8cccc(-n9c%10ccccc%10c%10ccccc%109)c8)cccc67)cc5c4)cc3)cc2)c2ccccc2-c2cccc3c2sc2ccccc23)cc(-n2c3ccccc3c3ccccc32)c1. The highest BCUT2D eigenvalue weighted by Gasteiger charge is 2.25. The molecule has 0 aliphatic rings. The maximum Gasteiger partial charge on any atom is 0.0541 e. The molecule has 0 N–H and O–H groups in total. The molecule has 0 atom stereocenters. The van der Waals surface area contributed by atoms with Gasteiger partial charge in [-0.25, -0.2) is 0 Å². The topological polar surface area (TPSA) is 16.3 Å². The summed E-state index contributed by atoms with van der Waals surface area (Å²) in [7, 11) is 0. The number of hydrogen-bond acceptors (Lipinski definition) is 4. The fourth-order valence-electron chi connectivity index (χ4n) is 18.2. The van der Waals surface area contributed by atoms with Crippen molar-refractivity contribution in [3.05, 3.63) is 425 Å². The molecule has 23 aromatic rings. The summed E-state index contributed by atoms with van der Waals surface area (Å²) in [4.78, 5) is 4.91. The van der Waals surface area contributed by atoms with Crippen molar-refractivity contribution in [2.75, 3.05) is 9.80 Å². The van der Waals surface area contributed by atoms with Gasteiger partial charge in [0.25, 0.3) is 0 Å². The van der Waals surface area contributed by atoms with Gasteiger partial charge in [0.1, 0.15) is 0 Å². The zero-order valence-corrected chi connectivity index (χ0v) is 64.7. The van der Waals surface area contributed by atoms with E-state index < -0.39 is 0 Å². The molecular weight excluding hydrogens is 1440 g/mol. The number of benzene rings is 19. The van der Waals surface area contributed by atoms with Crippen LogP contribution in [-0.4, -0.2) is 9.13 Å². The largest absolute Gasteiger partial charge is 0.310 e. The zero-order valence-electron chi connectivity index (χ0n) is 63.0. The smallest absolute Gasteiger partial charge is 0.0541 e. The minimum Gasteiger partial charge on any atom is -0.310 e. The van der Waals surface area contributed by atoms with E-state index in [0.29, 0.717) is 0 Å². The van der Waals surface area contributed by atoms with E-state index in [1.54, 1.807) is 0 Å². The monoisotopic (exact) mass is 1510 g/mol. The summed E-state index contributed by atoms with van der Waals surface area (Å²) in [5.41, 5.74) is 27.6. The number of nitrogens with zero attached hydrogens (tertiary/aromatic N) is 4. The van der Waals surface area contributed by atoms with E-state index in [0.717, 1.165) is 62.2 Å². The fourth-order valence-corrected chi connectivity index (χ4v) is 20.8. The van der Waals surface area contributed by atoms with Crippen LogP contribution in [0.3, 0.4) is 0 Å². The lowest BCUT2D eigenvalue weighted by Gasteiger charge is -2.28. The van der Waals surface area contributed by atoms with Gasteiger partial charge in [-0.1, -0.05) is 303 Å². The molecule has 116 heavy (non-hydrogen) atoms. The van der Waals surface area contributed by atoms with Crippen LogP contribution in [0.25, 0.3) is 184 Å². The Morgan fingerprint density at radius 1 is 0.181 bits per heavy atom. The van der Waals surface area contributed by atoms with Crippen molar-refractivity contribution in [2.45, 2.75) is 0 Å². The Morgan fingerprint density at radius 3 is 1.02 bits per heavy atom. The summed E-state index contributed by atoms with van der Waals surface area (Å²) in [5.74, 6) is 0. The van der Waals surface area contributed by atoms with E-state index in [1.165, 1.54) is 156 Å². The number of thiophene rings is 2. The first-order valence-electron chi connectivity index (χ1n) is 39.7. The number of fused-ring (bicyclic) bond motifs is 14. The van der Waals surface area contributed by atoms with Crippen molar-refractivity contribution >= 4 is 162 Å². The third-order valence-corrected chi connectivity index (χ3v) is 26.2. The fraction of sp³-hybridized carbons (Fsp3) is 0. The first-order chi connectivity index (χ1) is 57.5. The van der Waals surface area contributed by atoms with Crippen molar-refractivity contribution in [3.63, 3.8) is 0 Å². The number of anilines is 6. The molecule has 0 aliphatic heterocycles. The van der Waals surface area contributed by atoms with Crippen LogP contribution in [0.1, 0.15) is 0 Å². The lowest BCUT2D eigenvalue weighted by Crippen LogP contribution is -2.11. The van der Waals surface area contributed by atoms with Crippen molar-refractivity contribution < 1.29 is 0 Å². The van der Waals surface area contributed by atoms with Gasteiger partial charge in [-0.15, -0.1) is 22.7 Å². The summed E-state index contributed by atoms with van der Waals surface area (Å²) >= 11 is 3.77. The van der Waals surface area contributed by atoms with Crippen LogP contribution in [0.2, 0.25) is 0 Å². The minimum atomic E-state index is 1.06. The van der Waals surface area contributed by atoms with E-state index in [-0.39, 0.29) is 0 Å². The Labute approximate surface area is 679 Å². The molecule has 0 amide bonds. The van der Waals surface area contributed by atoms with Crippen molar-refractivity contribution in [3.8, 4) is 78.1 Å². The van der Waals surface area contributed by atoms with E-state index >= 15 is 0 Å². The Balaban J connectivity index is 0.579. The number of hydrogen-bond donors (Lipinski definition) is 0. The van der Waals surface area contributed by atoms with Crippen molar-refractivity contribution in [2.24, 2.45) is 0 Å². The van der Waals surface area contributed by atoms with Gasteiger partial charge >= 0.3 is 0 Å². The van der Waals surface area contributed by atoms with Gasteiger partial charge in [-0.3, -0.25) is 0 Å². The van der Waals surface area contributed by atoms with Crippen LogP contribution in [0.15, 0.2) is 425 Å². The van der Waals surface area contributed by atoms with Crippen LogP contribution >= 0.6 is 22.7 Å². The molecule has 0 bridgehead atoms. The molecular formula is C110H70N4S2. The molecule has 0 saturated heterocycles. The predicted molar refractivity (Wildman–Crippen MR) is 498 cm³/mol.